The summed E-state index contributed by atoms with van der Waals surface area (Å²) in [5.41, 5.74) is 17.4. The van der Waals surface area contributed by atoms with Crippen molar-refractivity contribution in [2.75, 3.05) is 4.90 Å². The molecule has 0 atom stereocenters. The molecule has 270 valence electrons. The lowest BCUT2D eigenvalue weighted by molar-refractivity contribution is 0.660. The van der Waals surface area contributed by atoms with Crippen LogP contribution in [0.3, 0.4) is 0 Å². The van der Waals surface area contributed by atoms with E-state index < -0.39 is 0 Å². The molecular formula is C55H40N2. The first-order chi connectivity index (χ1) is 28.0. The first-order valence-corrected chi connectivity index (χ1v) is 19.9. The number of benzene rings is 9. The molecule has 0 saturated carbocycles. The lowest BCUT2D eigenvalue weighted by Crippen LogP contribution is -2.14. The minimum atomic E-state index is -0.0251. The Morgan fingerprint density at radius 1 is 0.368 bits per heavy atom. The Labute approximate surface area is 333 Å². The van der Waals surface area contributed by atoms with Gasteiger partial charge in [0.2, 0.25) is 0 Å². The monoisotopic (exact) mass is 728 g/mol. The predicted molar refractivity (Wildman–Crippen MR) is 241 cm³/mol. The summed E-state index contributed by atoms with van der Waals surface area (Å²) in [6.07, 6.45) is 0. The van der Waals surface area contributed by atoms with Crippen LogP contribution in [-0.4, -0.2) is 4.57 Å². The highest BCUT2D eigenvalue weighted by Crippen LogP contribution is 2.50. The van der Waals surface area contributed by atoms with Crippen LogP contribution < -0.4 is 4.90 Å². The molecule has 0 bridgehead atoms. The fourth-order valence-corrected chi connectivity index (χ4v) is 9.42. The Kier molecular flexibility index (Phi) is 7.55. The molecule has 9 aromatic carbocycles. The number of aromatic nitrogens is 1. The summed E-state index contributed by atoms with van der Waals surface area (Å²) in [4.78, 5) is 2.36. The molecule has 0 aliphatic heterocycles. The Bertz CT molecular complexity index is 3100. The zero-order valence-electron chi connectivity index (χ0n) is 32.0. The molecule has 2 nitrogen and oxygen atoms in total. The molecule has 0 spiro atoms. The van der Waals surface area contributed by atoms with Crippen molar-refractivity contribution in [3.63, 3.8) is 0 Å². The van der Waals surface area contributed by atoms with Crippen LogP contribution in [0.25, 0.3) is 71.6 Å². The zero-order valence-corrected chi connectivity index (χ0v) is 32.0. The van der Waals surface area contributed by atoms with Crippen molar-refractivity contribution in [3.05, 3.63) is 217 Å². The van der Waals surface area contributed by atoms with Crippen molar-refractivity contribution in [2.24, 2.45) is 0 Å². The molecule has 0 saturated heterocycles. The summed E-state index contributed by atoms with van der Waals surface area (Å²) >= 11 is 0. The molecule has 0 N–H and O–H groups in total. The minimum Gasteiger partial charge on any atom is -0.310 e. The highest BCUT2D eigenvalue weighted by molar-refractivity contribution is 6.12. The number of nitrogens with zero attached hydrogens (tertiary/aromatic N) is 2. The van der Waals surface area contributed by atoms with Gasteiger partial charge in [-0.05, 0) is 117 Å². The summed E-state index contributed by atoms with van der Waals surface area (Å²) in [6.45, 7) is 4.70. The van der Waals surface area contributed by atoms with E-state index in [1.54, 1.807) is 0 Å². The fourth-order valence-electron chi connectivity index (χ4n) is 9.42. The average Bonchev–Trinajstić information content (AvgIpc) is 3.72. The number of anilines is 3. The molecule has 0 fully saturated rings. The SMILES string of the molecule is CC1(C)c2ccccc2-c2ccc(-c3ccc(-n4c5ccccc5c5cc(-c6ccc(N(c7ccccc7)c7ccccc7)c7ccccc67)ccc54)cc3)cc21. The normalized spacial score (nSPS) is 12.9. The van der Waals surface area contributed by atoms with Crippen LogP contribution in [0.15, 0.2) is 206 Å². The second-order valence-electron chi connectivity index (χ2n) is 15.7. The van der Waals surface area contributed by atoms with Gasteiger partial charge in [-0.1, -0.05) is 153 Å². The smallest absolute Gasteiger partial charge is 0.0541 e. The van der Waals surface area contributed by atoms with E-state index in [1.807, 2.05) is 0 Å². The summed E-state index contributed by atoms with van der Waals surface area (Å²) in [5.74, 6) is 0. The Hall–Kier alpha value is -7.16. The van der Waals surface area contributed by atoms with Gasteiger partial charge < -0.3 is 9.47 Å². The highest BCUT2D eigenvalue weighted by atomic mass is 15.1. The summed E-state index contributed by atoms with van der Waals surface area (Å²) in [7, 11) is 0. The summed E-state index contributed by atoms with van der Waals surface area (Å²) in [6, 6.07) is 75.5. The van der Waals surface area contributed by atoms with Crippen LogP contribution in [0.1, 0.15) is 25.0 Å². The van der Waals surface area contributed by atoms with Crippen LogP contribution >= 0.6 is 0 Å². The third-order valence-electron chi connectivity index (χ3n) is 12.2. The van der Waals surface area contributed by atoms with Crippen LogP contribution in [0.4, 0.5) is 17.1 Å². The first-order valence-electron chi connectivity index (χ1n) is 19.9. The van der Waals surface area contributed by atoms with Crippen molar-refractivity contribution in [2.45, 2.75) is 19.3 Å². The second kappa shape index (κ2) is 13.0. The molecule has 0 amide bonds. The molecule has 1 heterocycles. The molecular weight excluding hydrogens is 689 g/mol. The van der Waals surface area contributed by atoms with Gasteiger partial charge >= 0.3 is 0 Å². The van der Waals surface area contributed by atoms with Gasteiger partial charge in [0.15, 0.2) is 0 Å². The largest absolute Gasteiger partial charge is 0.310 e. The van der Waals surface area contributed by atoms with Crippen molar-refractivity contribution in [1.29, 1.82) is 0 Å². The van der Waals surface area contributed by atoms with Crippen LogP contribution in [0, 0.1) is 0 Å². The van der Waals surface area contributed by atoms with Crippen molar-refractivity contribution < 1.29 is 0 Å². The van der Waals surface area contributed by atoms with E-state index in [9.17, 15) is 0 Å². The van der Waals surface area contributed by atoms with Gasteiger partial charge in [0, 0.05) is 38.6 Å². The molecule has 2 heteroatoms. The highest BCUT2D eigenvalue weighted by Gasteiger charge is 2.35. The van der Waals surface area contributed by atoms with Gasteiger partial charge in [0.25, 0.3) is 0 Å². The third-order valence-corrected chi connectivity index (χ3v) is 12.2. The van der Waals surface area contributed by atoms with E-state index in [0.29, 0.717) is 0 Å². The number of rotatable bonds is 6. The van der Waals surface area contributed by atoms with Gasteiger partial charge in [-0.25, -0.2) is 0 Å². The second-order valence-corrected chi connectivity index (χ2v) is 15.7. The number of hydrogen-bond donors (Lipinski definition) is 0. The lowest BCUT2D eigenvalue weighted by atomic mass is 9.81. The summed E-state index contributed by atoms with van der Waals surface area (Å²) in [5, 5.41) is 4.93. The number of para-hydroxylation sites is 3. The average molecular weight is 729 g/mol. The topological polar surface area (TPSA) is 8.17 Å². The molecule has 1 aliphatic rings. The Morgan fingerprint density at radius 2 is 0.930 bits per heavy atom. The van der Waals surface area contributed by atoms with E-state index in [-0.39, 0.29) is 5.41 Å². The number of hydrogen-bond acceptors (Lipinski definition) is 1. The molecule has 11 rings (SSSR count). The molecule has 1 aliphatic carbocycles. The molecule has 1 aromatic heterocycles. The maximum absolute atomic E-state index is 2.42. The minimum absolute atomic E-state index is 0.0251. The Morgan fingerprint density at radius 3 is 1.68 bits per heavy atom. The molecule has 0 radical (unpaired) electrons. The van der Waals surface area contributed by atoms with Gasteiger partial charge in [0.1, 0.15) is 0 Å². The van der Waals surface area contributed by atoms with E-state index >= 15 is 0 Å². The van der Waals surface area contributed by atoms with Crippen molar-refractivity contribution in [1.82, 2.24) is 4.57 Å². The first kappa shape index (κ1) is 33.2. The van der Waals surface area contributed by atoms with Gasteiger partial charge in [-0.2, -0.15) is 0 Å². The molecule has 10 aromatic rings. The Balaban J connectivity index is 0.998. The van der Waals surface area contributed by atoms with E-state index in [2.05, 4.69) is 230 Å². The van der Waals surface area contributed by atoms with E-state index in [0.717, 1.165) is 22.7 Å². The van der Waals surface area contributed by atoms with Crippen LogP contribution in [0.5, 0.6) is 0 Å². The maximum Gasteiger partial charge on any atom is 0.0541 e. The quantitative estimate of drug-likeness (QED) is 0.165. The molecule has 57 heavy (non-hydrogen) atoms. The molecule has 0 unspecified atom stereocenters. The van der Waals surface area contributed by atoms with Gasteiger partial charge in [-0.15, -0.1) is 0 Å². The van der Waals surface area contributed by atoms with E-state index in [1.165, 1.54) is 77.1 Å². The van der Waals surface area contributed by atoms with Gasteiger partial charge in [-0.3, -0.25) is 0 Å². The third kappa shape index (κ3) is 5.25. The maximum atomic E-state index is 2.42. The van der Waals surface area contributed by atoms with Gasteiger partial charge in [0.05, 0.1) is 16.7 Å². The predicted octanol–water partition coefficient (Wildman–Crippen LogP) is 15.0. The summed E-state index contributed by atoms with van der Waals surface area (Å²) < 4.78 is 2.42. The van der Waals surface area contributed by atoms with Crippen LogP contribution in [0.2, 0.25) is 0 Å². The standard InChI is InChI=1S/C55H40N2/c1-55(2)50-23-13-11-20-45(50)46-31-27-38(36-51(46)55)37-25-29-42(30-26-37)57-52-24-14-12-22-48(52)49-35-39(28-33-54(49)57)43-32-34-53(47-21-10-9-19-44(43)47)56(40-15-5-3-6-16-40)41-17-7-4-8-18-41/h3-36H,1-2H3. The number of fused-ring (bicyclic) bond motifs is 7. The van der Waals surface area contributed by atoms with E-state index in [4.69, 9.17) is 0 Å². The van der Waals surface area contributed by atoms with Crippen molar-refractivity contribution in [3.8, 4) is 39.1 Å². The van der Waals surface area contributed by atoms with Crippen LogP contribution in [-0.2, 0) is 5.41 Å². The zero-order chi connectivity index (χ0) is 38.1. The van der Waals surface area contributed by atoms with Crippen molar-refractivity contribution >= 4 is 49.6 Å². The fraction of sp³-hybridized carbons (Fsp3) is 0.0545. The lowest BCUT2D eigenvalue weighted by Gasteiger charge is -2.27.